The topological polar surface area (TPSA) is 71.8 Å². The van der Waals surface area contributed by atoms with Gasteiger partial charge in [0.1, 0.15) is 0 Å². The molecule has 2 aromatic rings. The fraction of sp³-hybridized carbons (Fsp3) is 0.667. The predicted octanol–water partition coefficient (Wildman–Crippen LogP) is 3.24. The lowest BCUT2D eigenvalue weighted by Crippen LogP contribution is -2.51. The molecule has 27 heavy (non-hydrogen) atoms. The van der Waals surface area contributed by atoms with Gasteiger partial charge >= 0.3 is 0 Å². The Hall–Kier alpha value is -1.95. The second-order valence-electron chi connectivity index (χ2n) is 9.20. The van der Waals surface area contributed by atoms with E-state index in [1.165, 1.54) is 0 Å². The van der Waals surface area contributed by atoms with Gasteiger partial charge < -0.3 is 10.6 Å². The van der Waals surface area contributed by atoms with Crippen LogP contribution >= 0.6 is 0 Å². The second-order valence-corrected chi connectivity index (χ2v) is 9.20. The molecule has 2 aromatic heterocycles. The summed E-state index contributed by atoms with van der Waals surface area (Å²) in [5, 5.41) is 12.4. The lowest BCUT2D eigenvalue weighted by molar-refractivity contribution is 0.0921. The first-order valence-electron chi connectivity index (χ1n) is 10.2. The van der Waals surface area contributed by atoms with Gasteiger partial charge in [-0.25, -0.2) is 9.67 Å². The van der Waals surface area contributed by atoms with Crippen LogP contribution in [0.5, 0.6) is 0 Å². The van der Waals surface area contributed by atoms with E-state index in [2.05, 4.69) is 38.3 Å². The van der Waals surface area contributed by atoms with Gasteiger partial charge in [-0.2, -0.15) is 5.10 Å². The first-order valence-corrected chi connectivity index (χ1v) is 10.2. The number of pyridine rings is 1. The van der Waals surface area contributed by atoms with Crippen molar-refractivity contribution < 1.29 is 4.79 Å². The highest BCUT2D eigenvalue weighted by molar-refractivity contribution is 6.06. The number of aryl methyl sites for hydroxylation is 1. The molecule has 1 aliphatic heterocycles. The summed E-state index contributed by atoms with van der Waals surface area (Å²) in [6.45, 7) is 11.5. The molecule has 4 rings (SSSR count). The Bertz CT molecular complexity index is 875. The Morgan fingerprint density at radius 3 is 2.67 bits per heavy atom. The van der Waals surface area contributed by atoms with E-state index in [1.54, 1.807) is 0 Å². The number of carbonyl (C=O) groups is 1. The van der Waals surface area contributed by atoms with E-state index in [-0.39, 0.29) is 17.5 Å². The zero-order valence-electron chi connectivity index (χ0n) is 17.1. The molecule has 0 spiro atoms. The summed E-state index contributed by atoms with van der Waals surface area (Å²) in [5.41, 5.74) is 3.29. The van der Waals surface area contributed by atoms with E-state index >= 15 is 0 Å². The number of nitrogens with zero attached hydrogens (tertiary/aromatic N) is 3. The number of nitrogens with one attached hydrogen (secondary N) is 2. The van der Waals surface area contributed by atoms with Crippen molar-refractivity contribution in [2.45, 2.75) is 83.8 Å². The van der Waals surface area contributed by atoms with E-state index in [1.807, 2.05) is 17.7 Å². The SMILES string of the molecule is Cc1nn(C(C)(C)C)c2nc(C3CC3)cc(C(=O)NC3CCCNC3C)c12. The maximum atomic E-state index is 13.3. The average Bonchev–Trinajstić information content (AvgIpc) is 3.39. The number of fused-ring (bicyclic) bond motifs is 1. The van der Waals surface area contributed by atoms with E-state index in [0.717, 1.165) is 60.2 Å². The maximum Gasteiger partial charge on any atom is 0.252 e. The van der Waals surface area contributed by atoms with Crippen molar-refractivity contribution in [3.8, 4) is 0 Å². The Labute approximate surface area is 161 Å². The van der Waals surface area contributed by atoms with Crippen LogP contribution in [0.15, 0.2) is 6.07 Å². The molecule has 2 N–H and O–H groups in total. The molecule has 2 atom stereocenters. The van der Waals surface area contributed by atoms with Crippen molar-refractivity contribution in [2.75, 3.05) is 6.54 Å². The van der Waals surface area contributed by atoms with Gasteiger partial charge in [0.2, 0.25) is 0 Å². The van der Waals surface area contributed by atoms with Crippen molar-refractivity contribution in [1.29, 1.82) is 0 Å². The van der Waals surface area contributed by atoms with Crippen LogP contribution in [0.1, 0.15) is 81.0 Å². The Kier molecular flexibility index (Phi) is 4.49. The molecular weight excluding hydrogens is 338 g/mol. The third kappa shape index (κ3) is 3.47. The molecule has 146 valence electrons. The highest BCUT2D eigenvalue weighted by Crippen LogP contribution is 2.41. The number of rotatable bonds is 3. The van der Waals surface area contributed by atoms with Crippen LogP contribution in [0.2, 0.25) is 0 Å². The molecule has 1 aliphatic carbocycles. The molecule has 0 aromatic carbocycles. The minimum Gasteiger partial charge on any atom is -0.348 e. The van der Waals surface area contributed by atoms with E-state index in [0.29, 0.717) is 12.0 Å². The Morgan fingerprint density at radius 1 is 1.30 bits per heavy atom. The zero-order chi connectivity index (χ0) is 19.3. The number of piperidine rings is 1. The number of carbonyl (C=O) groups excluding carboxylic acids is 1. The number of aromatic nitrogens is 3. The van der Waals surface area contributed by atoms with Crippen LogP contribution < -0.4 is 10.6 Å². The van der Waals surface area contributed by atoms with Crippen LogP contribution in [0.25, 0.3) is 11.0 Å². The molecule has 2 aliphatic rings. The minimum atomic E-state index is -0.183. The Morgan fingerprint density at radius 2 is 2.04 bits per heavy atom. The van der Waals surface area contributed by atoms with Crippen LogP contribution in [-0.2, 0) is 5.54 Å². The van der Waals surface area contributed by atoms with Crippen LogP contribution in [0, 0.1) is 6.92 Å². The monoisotopic (exact) mass is 369 g/mol. The van der Waals surface area contributed by atoms with Gasteiger partial charge in [-0.3, -0.25) is 4.79 Å². The first-order chi connectivity index (χ1) is 12.8. The van der Waals surface area contributed by atoms with Gasteiger partial charge in [-0.05, 0) is 72.9 Å². The third-order valence-electron chi connectivity index (χ3n) is 5.79. The number of hydrogen-bond acceptors (Lipinski definition) is 4. The number of amides is 1. The molecule has 1 saturated carbocycles. The molecule has 3 heterocycles. The molecule has 1 amide bonds. The van der Waals surface area contributed by atoms with E-state index in [4.69, 9.17) is 10.1 Å². The van der Waals surface area contributed by atoms with Crippen molar-refractivity contribution in [1.82, 2.24) is 25.4 Å². The maximum absolute atomic E-state index is 13.3. The molecule has 2 unspecified atom stereocenters. The van der Waals surface area contributed by atoms with Gasteiger partial charge in [-0.15, -0.1) is 0 Å². The van der Waals surface area contributed by atoms with E-state index in [9.17, 15) is 4.79 Å². The summed E-state index contributed by atoms with van der Waals surface area (Å²) in [7, 11) is 0. The summed E-state index contributed by atoms with van der Waals surface area (Å²) in [6, 6.07) is 2.47. The van der Waals surface area contributed by atoms with Crippen molar-refractivity contribution in [2.24, 2.45) is 0 Å². The van der Waals surface area contributed by atoms with Crippen molar-refractivity contribution in [3.63, 3.8) is 0 Å². The fourth-order valence-corrected chi connectivity index (χ4v) is 4.03. The summed E-state index contributed by atoms with van der Waals surface area (Å²) in [4.78, 5) is 18.2. The summed E-state index contributed by atoms with van der Waals surface area (Å²) < 4.78 is 1.98. The zero-order valence-corrected chi connectivity index (χ0v) is 17.1. The molecule has 1 saturated heterocycles. The van der Waals surface area contributed by atoms with Gasteiger partial charge in [0, 0.05) is 23.7 Å². The molecule has 0 radical (unpaired) electrons. The summed E-state index contributed by atoms with van der Waals surface area (Å²) in [6.07, 6.45) is 4.43. The van der Waals surface area contributed by atoms with Crippen LogP contribution in [0.3, 0.4) is 0 Å². The summed E-state index contributed by atoms with van der Waals surface area (Å²) >= 11 is 0. The smallest absolute Gasteiger partial charge is 0.252 e. The van der Waals surface area contributed by atoms with Gasteiger partial charge in [0.05, 0.1) is 22.2 Å². The lowest BCUT2D eigenvalue weighted by atomic mass is 9.99. The standard InChI is InChI=1S/C21H31N5O/c1-12-16(7-6-10-22-12)24-20(27)15-11-17(14-8-9-14)23-19-18(15)13(2)25-26(19)21(3,4)5/h11-12,14,16,22H,6-10H2,1-5H3,(H,24,27). The highest BCUT2D eigenvalue weighted by Gasteiger charge is 2.31. The van der Waals surface area contributed by atoms with Gasteiger partial charge in [-0.1, -0.05) is 0 Å². The van der Waals surface area contributed by atoms with Gasteiger partial charge in [0.15, 0.2) is 5.65 Å². The van der Waals surface area contributed by atoms with Crippen molar-refractivity contribution in [3.05, 3.63) is 23.0 Å². The normalized spacial score (nSPS) is 23.6. The van der Waals surface area contributed by atoms with Crippen LogP contribution in [0.4, 0.5) is 0 Å². The highest BCUT2D eigenvalue weighted by atomic mass is 16.1. The fourth-order valence-electron chi connectivity index (χ4n) is 4.03. The third-order valence-corrected chi connectivity index (χ3v) is 5.79. The van der Waals surface area contributed by atoms with E-state index < -0.39 is 0 Å². The predicted molar refractivity (Wildman–Crippen MR) is 107 cm³/mol. The molecule has 6 nitrogen and oxygen atoms in total. The van der Waals surface area contributed by atoms with Crippen molar-refractivity contribution >= 4 is 16.9 Å². The lowest BCUT2D eigenvalue weighted by Gasteiger charge is -2.30. The average molecular weight is 370 g/mol. The van der Waals surface area contributed by atoms with Gasteiger partial charge in [0.25, 0.3) is 5.91 Å². The second kappa shape index (κ2) is 6.59. The molecule has 0 bridgehead atoms. The van der Waals surface area contributed by atoms with Crippen LogP contribution in [-0.4, -0.2) is 39.3 Å². The minimum absolute atomic E-state index is 0.00130. The summed E-state index contributed by atoms with van der Waals surface area (Å²) in [5.74, 6) is 0.487. The Balaban J connectivity index is 1.79. The molecular formula is C21H31N5O. The molecule has 6 heteroatoms. The molecule has 2 fully saturated rings. The largest absolute Gasteiger partial charge is 0.348 e. The first kappa shape index (κ1) is 18.4. The quantitative estimate of drug-likeness (QED) is 0.871. The number of hydrogen-bond donors (Lipinski definition) is 2.